The minimum absolute atomic E-state index is 0.254. The number of nitrogens with one attached hydrogen (secondary N) is 2. The van der Waals surface area contributed by atoms with E-state index in [9.17, 15) is 10.0 Å². The number of ether oxygens (including phenoxy) is 1. The van der Waals surface area contributed by atoms with Gasteiger partial charge in [-0.25, -0.2) is 0 Å². The summed E-state index contributed by atoms with van der Waals surface area (Å²) in [7, 11) is 0. The Hall–Kier alpha value is -2.60. The van der Waals surface area contributed by atoms with Crippen LogP contribution in [-0.2, 0) is 6.54 Å². The topological polar surface area (TPSA) is 77.3 Å². The molecule has 0 radical (unpaired) electrons. The van der Waals surface area contributed by atoms with Crippen molar-refractivity contribution >= 4 is 5.91 Å². The third kappa shape index (κ3) is 7.11. The molecule has 0 spiro atoms. The second-order valence-electron chi connectivity index (χ2n) is 6.09. The third-order valence-electron chi connectivity index (χ3n) is 3.85. The summed E-state index contributed by atoms with van der Waals surface area (Å²) in [5.74, 6) is 0.580. The van der Waals surface area contributed by atoms with Crippen LogP contribution in [0.2, 0.25) is 0 Å². The maximum atomic E-state index is 11.9. The second kappa shape index (κ2) is 11.1. The zero-order chi connectivity index (χ0) is 18.6. The van der Waals surface area contributed by atoms with Crippen LogP contribution in [0.4, 0.5) is 0 Å². The summed E-state index contributed by atoms with van der Waals surface area (Å²) in [6, 6.07) is 11.2. The molecular formula is C20H27N3O3. The van der Waals surface area contributed by atoms with Gasteiger partial charge >= 0.3 is 0 Å². The average molecular weight is 357 g/mol. The maximum Gasteiger partial charge on any atom is 0.257 e. The lowest BCUT2D eigenvalue weighted by Gasteiger charge is -2.09. The molecule has 0 fully saturated rings. The Morgan fingerprint density at radius 3 is 2.88 bits per heavy atom. The van der Waals surface area contributed by atoms with Crippen LogP contribution in [0.1, 0.15) is 42.1 Å². The highest BCUT2D eigenvalue weighted by Crippen LogP contribution is 2.13. The monoisotopic (exact) mass is 357 g/mol. The quantitative estimate of drug-likeness (QED) is 0.368. The first-order valence-electron chi connectivity index (χ1n) is 9.08. The standard InChI is InChI=1S/C20H27N3O3/c1-2-3-10-21-15-17-7-4-9-19(14-17)26-13-6-11-22-20(24)18-8-5-12-23(25)16-18/h4-5,7-9,12,14,16,21H,2-3,6,10-11,13,15H2,1H3,(H,22,24). The van der Waals surface area contributed by atoms with E-state index in [0.29, 0.717) is 29.9 Å². The van der Waals surface area contributed by atoms with Gasteiger partial charge in [0.25, 0.3) is 5.91 Å². The summed E-state index contributed by atoms with van der Waals surface area (Å²) >= 11 is 0. The Labute approximate surface area is 154 Å². The number of rotatable bonds is 11. The van der Waals surface area contributed by atoms with E-state index in [1.54, 1.807) is 12.1 Å². The average Bonchev–Trinajstić information content (AvgIpc) is 2.65. The molecule has 1 amide bonds. The van der Waals surface area contributed by atoms with E-state index in [-0.39, 0.29) is 5.91 Å². The molecule has 26 heavy (non-hydrogen) atoms. The van der Waals surface area contributed by atoms with Gasteiger partial charge in [-0.1, -0.05) is 25.5 Å². The number of pyridine rings is 1. The second-order valence-corrected chi connectivity index (χ2v) is 6.09. The SMILES string of the molecule is CCCCNCc1cccc(OCCCNC(=O)c2ccc[n+]([O-])c2)c1. The molecule has 0 saturated carbocycles. The van der Waals surface area contributed by atoms with Crippen molar-refractivity contribution < 1.29 is 14.3 Å². The van der Waals surface area contributed by atoms with Crippen LogP contribution < -0.4 is 20.1 Å². The van der Waals surface area contributed by atoms with Crippen molar-refractivity contribution in [3.63, 3.8) is 0 Å². The summed E-state index contributed by atoms with van der Waals surface area (Å²) in [6.07, 6.45) is 5.66. The lowest BCUT2D eigenvalue weighted by molar-refractivity contribution is -0.605. The molecule has 6 heteroatoms. The third-order valence-corrected chi connectivity index (χ3v) is 3.85. The number of hydrogen-bond acceptors (Lipinski definition) is 4. The number of carbonyl (C=O) groups excluding carboxylic acids is 1. The summed E-state index contributed by atoms with van der Waals surface area (Å²) in [5, 5.41) is 17.4. The molecule has 0 unspecified atom stereocenters. The molecule has 140 valence electrons. The van der Waals surface area contributed by atoms with Gasteiger partial charge in [-0.05, 0) is 43.1 Å². The van der Waals surface area contributed by atoms with Crippen LogP contribution in [0.15, 0.2) is 48.8 Å². The van der Waals surface area contributed by atoms with Gasteiger partial charge < -0.3 is 20.6 Å². The van der Waals surface area contributed by atoms with Crippen LogP contribution in [0.3, 0.4) is 0 Å². The summed E-state index contributed by atoms with van der Waals surface area (Å²) in [6.45, 7) is 5.05. The first kappa shape index (κ1) is 19.7. The van der Waals surface area contributed by atoms with Crippen LogP contribution in [0.5, 0.6) is 5.75 Å². The molecule has 2 N–H and O–H groups in total. The Balaban J connectivity index is 1.65. The molecule has 1 aromatic carbocycles. The van der Waals surface area contributed by atoms with Gasteiger partial charge in [-0.3, -0.25) is 4.79 Å². The predicted molar refractivity (Wildman–Crippen MR) is 101 cm³/mol. The van der Waals surface area contributed by atoms with Crippen molar-refractivity contribution in [3.05, 3.63) is 65.1 Å². The summed E-state index contributed by atoms with van der Waals surface area (Å²) in [4.78, 5) is 11.9. The molecule has 0 aliphatic carbocycles. The molecule has 0 aliphatic heterocycles. The predicted octanol–water partition coefficient (Wildman–Crippen LogP) is 2.41. The van der Waals surface area contributed by atoms with Gasteiger partial charge in [0, 0.05) is 19.2 Å². The molecule has 2 aromatic rings. The van der Waals surface area contributed by atoms with Crippen molar-refractivity contribution in [3.8, 4) is 5.75 Å². The molecule has 0 bridgehead atoms. The van der Waals surface area contributed by atoms with E-state index in [2.05, 4.69) is 23.6 Å². The van der Waals surface area contributed by atoms with Crippen molar-refractivity contribution in [1.82, 2.24) is 10.6 Å². The zero-order valence-electron chi connectivity index (χ0n) is 15.2. The van der Waals surface area contributed by atoms with Crippen LogP contribution in [0.25, 0.3) is 0 Å². The molecule has 1 heterocycles. The number of carbonyl (C=O) groups is 1. The number of unbranched alkanes of at least 4 members (excludes halogenated alkanes) is 1. The Morgan fingerprint density at radius 2 is 2.08 bits per heavy atom. The minimum Gasteiger partial charge on any atom is -0.619 e. The number of amides is 1. The minimum atomic E-state index is -0.254. The highest BCUT2D eigenvalue weighted by molar-refractivity contribution is 5.93. The number of hydrogen-bond donors (Lipinski definition) is 2. The smallest absolute Gasteiger partial charge is 0.257 e. The molecule has 0 atom stereocenters. The van der Waals surface area contributed by atoms with E-state index in [1.165, 1.54) is 30.8 Å². The Morgan fingerprint density at radius 1 is 1.19 bits per heavy atom. The van der Waals surface area contributed by atoms with Gasteiger partial charge in [-0.2, -0.15) is 4.73 Å². The number of nitrogens with zero attached hydrogens (tertiary/aromatic N) is 1. The van der Waals surface area contributed by atoms with E-state index < -0.39 is 0 Å². The van der Waals surface area contributed by atoms with E-state index >= 15 is 0 Å². The Kier molecular flexibility index (Phi) is 8.42. The zero-order valence-corrected chi connectivity index (χ0v) is 15.2. The van der Waals surface area contributed by atoms with Crippen LogP contribution in [-0.4, -0.2) is 25.6 Å². The lowest BCUT2D eigenvalue weighted by Crippen LogP contribution is -2.30. The van der Waals surface area contributed by atoms with Gasteiger partial charge in [0.05, 0.1) is 6.61 Å². The first-order chi connectivity index (χ1) is 12.7. The fourth-order valence-electron chi connectivity index (χ4n) is 2.43. The molecular weight excluding hydrogens is 330 g/mol. The van der Waals surface area contributed by atoms with Gasteiger partial charge in [-0.15, -0.1) is 0 Å². The molecule has 1 aromatic heterocycles. The normalized spacial score (nSPS) is 10.5. The fourth-order valence-corrected chi connectivity index (χ4v) is 2.43. The van der Waals surface area contributed by atoms with Gasteiger partial charge in [0.15, 0.2) is 12.4 Å². The Bertz CT molecular complexity index is 692. The van der Waals surface area contributed by atoms with E-state index in [0.717, 1.165) is 18.8 Å². The van der Waals surface area contributed by atoms with Gasteiger partial charge in [0.1, 0.15) is 11.3 Å². The first-order valence-corrected chi connectivity index (χ1v) is 9.08. The molecule has 2 rings (SSSR count). The summed E-state index contributed by atoms with van der Waals surface area (Å²) in [5.41, 5.74) is 1.55. The largest absolute Gasteiger partial charge is 0.619 e. The number of benzene rings is 1. The van der Waals surface area contributed by atoms with E-state index in [4.69, 9.17) is 4.74 Å². The highest BCUT2D eigenvalue weighted by atomic mass is 16.5. The molecule has 0 saturated heterocycles. The fraction of sp³-hybridized carbons (Fsp3) is 0.400. The number of aromatic nitrogens is 1. The summed E-state index contributed by atoms with van der Waals surface area (Å²) < 4.78 is 6.36. The van der Waals surface area contributed by atoms with Crippen molar-refractivity contribution in [2.75, 3.05) is 19.7 Å². The van der Waals surface area contributed by atoms with Crippen molar-refractivity contribution in [2.45, 2.75) is 32.7 Å². The van der Waals surface area contributed by atoms with Gasteiger partial charge in [0.2, 0.25) is 0 Å². The van der Waals surface area contributed by atoms with Crippen molar-refractivity contribution in [2.24, 2.45) is 0 Å². The van der Waals surface area contributed by atoms with Crippen LogP contribution in [0, 0.1) is 5.21 Å². The highest BCUT2D eigenvalue weighted by Gasteiger charge is 2.07. The lowest BCUT2D eigenvalue weighted by atomic mass is 10.2. The molecule has 0 aliphatic rings. The van der Waals surface area contributed by atoms with Crippen LogP contribution >= 0.6 is 0 Å². The maximum absolute atomic E-state index is 11.9. The van der Waals surface area contributed by atoms with Crippen molar-refractivity contribution in [1.29, 1.82) is 0 Å². The molecule has 6 nitrogen and oxygen atoms in total. The van der Waals surface area contributed by atoms with E-state index in [1.807, 2.05) is 18.2 Å².